The molecule has 122 valence electrons. The van der Waals surface area contributed by atoms with Crippen LogP contribution in [0.3, 0.4) is 0 Å². The topological polar surface area (TPSA) is 88.1 Å². The summed E-state index contributed by atoms with van der Waals surface area (Å²) < 4.78 is 5.00. The van der Waals surface area contributed by atoms with E-state index in [1.807, 2.05) is 6.92 Å². The van der Waals surface area contributed by atoms with Crippen LogP contribution in [0, 0.1) is 0 Å². The van der Waals surface area contributed by atoms with Crippen LogP contribution in [0.15, 0.2) is 29.4 Å². The van der Waals surface area contributed by atoms with Crippen LogP contribution < -0.4 is 10.1 Å². The zero-order chi connectivity index (χ0) is 17.2. The van der Waals surface area contributed by atoms with Gasteiger partial charge in [0.15, 0.2) is 5.17 Å². The molecule has 0 saturated heterocycles. The minimum atomic E-state index is -0.793. The van der Waals surface area contributed by atoms with Crippen molar-refractivity contribution < 1.29 is 19.1 Å². The fourth-order valence-corrected chi connectivity index (χ4v) is 3.39. The molecule has 1 aliphatic rings. The van der Waals surface area contributed by atoms with Crippen LogP contribution in [0.5, 0.6) is 5.75 Å². The molecule has 1 aliphatic heterocycles. The van der Waals surface area contributed by atoms with Gasteiger partial charge in [-0.1, -0.05) is 23.9 Å². The molecule has 0 radical (unpaired) electrons. The summed E-state index contributed by atoms with van der Waals surface area (Å²) in [5.74, 6) is -0.482. The van der Waals surface area contributed by atoms with Gasteiger partial charge in [0, 0.05) is 20.8 Å². The normalized spacial score (nSPS) is 20.0. The Labute approximate surface area is 138 Å². The summed E-state index contributed by atoms with van der Waals surface area (Å²) in [7, 11) is 0. The molecule has 0 aliphatic carbocycles. The molecule has 2 amide bonds. The summed E-state index contributed by atoms with van der Waals surface area (Å²) in [4.78, 5) is 33.3. The van der Waals surface area contributed by atoms with E-state index in [0.29, 0.717) is 10.9 Å². The first-order valence-corrected chi connectivity index (χ1v) is 7.69. The summed E-state index contributed by atoms with van der Waals surface area (Å²) in [6.07, 6.45) is 0. The van der Waals surface area contributed by atoms with Crippen molar-refractivity contribution in [1.29, 1.82) is 0 Å². The highest BCUT2D eigenvalue weighted by Gasteiger charge is 2.43. The number of hydrogen-bond acceptors (Lipinski definition) is 6. The number of hydrazone groups is 1. The number of esters is 1. The third-order valence-corrected chi connectivity index (χ3v) is 4.31. The van der Waals surface area contributed by atoms with E-state index in [1.54, 1.807) is 24.3 Å². The van der Waals surface area contributed by atoms with Gasteiger partial charge in [-0.3, -0.25) is 14.4 Å². The lowest BCUT2D eigenvalue weighted by atomic mass is 10.1. The zero-order valence-electron chi connectivity index (χ0n) is 13.2. The van der Waals surface area contributed by atoms with Crippen LogP contribution in [-0.4, -0.2) is 28.0 Å². The number of nitrogens with one attached hydrogen (secondary N) is 1. The molecule has 1 N–H and O–H groups in total. The number of benzene rings is 1. The van der Waals surface area contributed by atoms with Crippen LogP contribution in [0.1, 0.15) is 33.3 Å². The zero-order valence-corrected chi connectivity index (χ0v) is 14.1. The molecule has 7 nitrogen and oxygen atoms in total. The Morgan fingerprint density at radius 3 is 2.26 bits per heavy atom. The summed E-state index contributed by atoms with van der Waals surface area (Å²) in [5, 5.41) is 8.46. The van der Waals surface area contributed by atoms with Crippen LogP contribution in [0.4, 0.5) is 0 Å². The van der Waals surface area contributed by atoms with Gasteiger partial charge >= 0.3 is 5.97 Å². The van der Waals surface area contributed by atoms with E-state index in [2.05, 4.69) is 10.4 Å². The highest BCUT2D eigenvalue weighted by Crippen LogP contribution is 2.45. The highest BCUT2D eigenvalue weighted by atomic mass is 32.2. The van der Waals surface area contributed by atoms with E-state index < -0.39 is 10.8 Å². The van der Waals surface area contributed by atoms with E-state index in [-0.39, 0.29) is 11.8 Å². The third kappa shape index (κ3) is 3.70. The van der Waals surface area contributed by atoms with Crippen LogP contribution in [-0.2, 0) is 19.3 Å². The second-order valence-electron chi connectivity index (χ2n) is 5.12. The molecule has 1 aromatic rings. The molecule has 23 heavy (non-hydrogen) atoms. The molecule has 1 atom stereocenters. The number of hydrogen-bond donors (Lipinski definition) is 1. The number of rotatable bonds is 2. The maximum atomic E-state index is 11.9. The van der Waals surface area contributed by atoms with Gasteiger partial charge in [0.2, 0.25) is 11.8 Å². The fraction of sp³-hybridized carbons (Fsp3) is 0.333. The molecule has 0 bridgehead atoms. The lowest BCUT2D eigenvalue weighted by Gasteiger charge is -2.31. The van der Waals surface area contributed by atoms with Gasteiger partial charge in [0.05, 0.1) is 0 Å². The SMILES string of the molecule is CC(=O)NC1=NN(C(C)=O)[C@@](C)(c2ccc(OC(C)=O)cc2)S1. The quantitative estimate of drug-likeness (QED) is 0.657. The molecular formula is C15H17N3O4S. The Bertz CT molecular complexity index is 686. The molecule has 0 spiro atoms. The number of thioether (sulfide) groups is 1. The standard InChI is InChI=1S/C15H17N3O4S/c1-9(19)16-14-17-18(10(2)20)15(4,23-14)12-5-7-13(8-6-12)22-11(3)21/h5-8H,1-4H3,(H,16,17,19)/t15-/m1/s1. The van der Waals surface area contributed by atoms with Crippen LogP contribution in [0.25, 0.3) is 0 Å². The van der Waals surface area contributed by atoms with Gasteiger partial charge in [-0.15, -0.1) is 5.10 Å². The third-order valence-electron chi connectivity index (χ3n) is 3.12. The van der Waals surface area contributed by atoms with Crippen molar-refractivity contribution in [2.45, 2.75) is 32.6 Å². The minimum absolute atomic E-state index is 0.246. The number of ether oxygens (including phenoxy) is 1. The van der Waals surface area contributed by atoms with Crippen LogP contribution in [0.2, 0.25) is 0 Å². The van der Waals surface area contributed by atoms with Crippen molar-refractivity contribution in [1.82, 2.24) is 10.3 Å². The first-order chi connectivity index (χ1) is 10.7. The molecule has 2 rings (SSSR count). The molecule has 0 saturated carbocycles. The second-order valence-corrected chi connectivity index (χ2v) is 6.51. The fourth-order valence-electron chi connectivity index (χ4n) is 2.19. The Morgan fingerprint density at radius 1 is 1.17 bits per heavy atom. The Hall–Kier alpha value is -2.35. The van der Waals surface area contributed by atoms with Crippen molar-refractivity contribution in [2.24, 2.45) is 5.10 Å². The van der Waals surface area contributed by atoms with E-state index in [9.17, 15) is 14.4 Å². The molecule has 1 heterocycles. The Balaban J connectivity index is 2.30. The average Bonchev–Trinajstić information content (AvgIpc) is 2.76. The maximum Gasteiger partial charge on any atom is 0.308 e. The number of carbonyl (C=O) groups excluding carboxylic acids is 3. The highest BCUT2D eigenvalue weighted by molar-refractivity contribution is 8.14. The summed E-state index contributed by atoms with van der Waals surface area (Å²) >= 11 is 1.27. The molecule has 0 unspecified atom stereocenters. The van der Waals surface area contributed by atoms with E-state index in [0.717, 1.165) is 5.56 Å². The maximum absolute atomic E-state index is 11.9. The van der Waals surface area contributed by atoms with Crippen molar-refractivity contribution in [3.05, 3.63) is 29.8 Å². The number of nitrogens with zero attached hydrogens (tertiary/aromatic N) is 2. The van der Waals surface area contributed by atoms with Crippen LogP contribution >= 0.6 is 11.8 Å². The molecule has 0 fully saturated rings. The van der Waals surface area contributed by atoms with Crippen molar-refractivity contribution in [3.8, 4) is 5.75 Å². The number of amides is 2. The Morgan fingerprint density at radius 2 is 1.78 bits per heavy atom. The van der Waals surface area contributed by atoms with Crippen molar-refractivity contribution >= 4 is 34.7 Å². The second kappa shape index (κ2) is 6.41. The molecule has 8 heteroatoms. The van der Waals surface area contributed by atoms with Crippen molar-refractivity contribution in [3.63, 3.8) is 0 Å². The lowest BCUT2D eigenvalue weighted by molar-refractivity contribution is -0.132. The first-order valence-electron chi connectivity index (χ1n) is 6.87. The van der Waals surface area contributed by atoms with E-state index >= 15 is 0 Å². The number of carbonyl (C=O) groups is 3. The van der Waals surface area contributed by atoms with Gasteiger partial charge in [-0.05, 0) is 24.6 Å². The molecule has 0 aromatic heterocycles. The van der Waals surface area contributed by atoms with Crippen molar-refractivity contribution in [2.75, 3.05) is 0 Å². The lowest BCUT2D eigenvalue weighted by Crippen LogP contribution is -2.37. The summed E-state index contributed by atoms with van der Waals surface area (Å²) in [6.45, 7) is 5.95. The minimum Gasteiger partial charge on any atom is -0.427 e. The van der Waals surface area contributed by atoms with E-state index in [4.69, 9.17) is 4.74 Å². The Kier molecular flexibility index (Phi) is 4.74. The van der Waals surface area contributed by atoms with Gasteiger partial charge in [-0.2, -0.15) is 0 Å². The van der Waals surface area contributed by atoms with Gasteiger partial charge < -0.3 is 10.1 Å². The molecular weight excluding hydrogens is 318 g/mol. The smallest absolute Gasteiger partial charge is 0.308 e. The largest absolute Gasteiger partial charge is 0.427 e. The van der Waals surface area contributed by atoms with Gasteiger partial charge in [0.25, 0.3) is 0 Å². The predicted molar refractivity (Wildman–Crippen MR) is 86.5 cm³/mol. The van der Waals surface area contributed by atoms with E-state index in [1.165, 1.54) is 37.5 Å². The number of amidine groups is 1. The van der Waals surface area contributed by atoms with Gasteiger partial charge in [0.1, 0.15) is 10.6 Å². The summed E-state index contributed by atoms with van der Waals surface area (Å²) in [6, 6.07) is 6.81. The first kappa shape index (κ1) is 17.0. The average molecular weight is 335 g/mol. The molecule has 1 aromatic carbocycles. The van der Waals surface area contributed by atoms with Gasteiger partial charge in [-0.25, -0.2) is 5.01 Å². The monoisotopic (exact) mass is 335 g/mol. The summed E-state index contributed by atoms with van der Waals surface area (Å²) in [5.41, 5.74) is 0.790. The predicted octanol–water partition coefficient (Wildman–Crippen LogP) is 1.79.